The monoisotopic (exact) mass is 572 g/mol. The van der Waals surface area contributed by atoms with Gasteiger partial charge in [-0.05, 0) is 59.9 Å². The summed E-state index contributed by atoms with van der Waals surface area (Å²) in [6.07, 6.45) is 1.07. The molecule has 9 heteroatoms. The van der Waals surface area contributed by atoms with Gasteiger partial charge in [0.1, 0.15) is 0 Å². The molecule has 0 saturated carbocycles. The number of anilines is 2. The zero-order valence-corrected chi connectivity index (χ0v) is 24.8. The standard InChI is InChI=1S/C33H36N2O7/c1-7-30(37)35-24-11-9-8-10-22(24)34-23-14-20(19-12-13-26(38-2)27(16-19)39-3)15-25(36)31(23)32(35)21-17-28(40-4)33(42-6)29(18-21)41-5/h8-13,16-18,20,32,34H,7,14-15H2,1-6H3. The summed E-state index contributed by atoms with van der Waals surface area (Å²) in [4.78, 5) is 29.8. The van der Waals surface area contributed by atoms with E-state index in [-0.39, 0.29) is 30.4 Å². The van der Waals surface area contributed by atoms with E-state index in [0.717, 1.165) is 16.9 Å². The van der Waals surface area contributed by atoms with Gasteiger partial charge in [0, 0.05) is 24.1 Å². The lowest BCUT2D eigenvalue weighted by molar-refractivity contribution is -0.119. The van der Waals surface area contributed by atoms with Gasteiger partial charge in [-0.2, -0.15) is 0 Å². The predicted molar refractivity (Wildman–Crippen MR) is 160 cm³/mol. The summed E-state index contributed by atoms with van der Waals surface area (Å²) in [6.45, 7) is 1.82. The smallest absolute Gasteiger partial charge is 0.227 e. The van der Waals surface area contributed by atoms with E-state index in [1.54, 1.807) is 40.4 Å². The number of ether oxygens (including phenoxy) is 5. The van der Waals surface area contributed by atoms with Crippen LogP contribution in [0.4, 0.5) is 11.4 Å². The Balaban J connectivity index is 1.73. The summed E-state index contributed by atoms with van der Waals surface area (Å²) in [5.41, 5.74) is 4.39. The van der Waals surface area contributed by atoms with Crippen molar-refractivity contribution in [2.45, 2.75) is 38.1 Å². The van der Waals surface area contributed by atoms with Crippen LogP contribution in [0.5, 0.6) is 28.7 Å². The molecule has 3 aromatic carbocycles. The van der Waals surface area contributed by atoms with Crippen molar-refractivity contribution in [1.82, 2.24) is 0 Å². The molecule has 0 fully saturated rings. The third kappa shape index (κ3) is 5.00. The molecule has 1 aliphatic carbocycles. The molecule has 0 bridgehead atoms. The van der Waals surface area contributed by atoms with Gasteiger partial charge in [-0.25, -0.2) is 0 Å². The minimum absolute atomic E-state index is 0.0519. The van der Waals surface area contributed by atoms with E-state index in [9.17, 15) is 9.59 Å². The van der Waals surface area contributed by atoms with Crippen LogP contribution in [0, 0.1) is 0 Å². The molecule has 1 heterocycles. The number of rotatable bonds is 8. The van der Waals surface area contributed by atoms with Crippen LogP contribution in [-0.4, -0.2) is 47.2 Å². The van der Waals surface area contributed by atoms with E-state index in [1.165, 1.54) is 0 Å². The second kappa shape index (κ2) is 12.1. The Bertz CT molecular complexity index is 1520. The molecule has 2 unspecified atom stereocenters. The van der Waals surface area contributed by atoms with Gasteiger partial charge in [-0.1, -0.05) is 25.1 Å². The Hall–Kier alpha value is -4.66. The fourth-order valence-corrected chi connectivity index (χ4v) is 5.95. The Morgan fingerprint density at radius 2 is 1.45 bits per heavy atom. The molecule has 0 radical (unpaired) electrons. The highest BCUT2D eigenvalue weighted by molar-refractivity contribution is 6.06. The van der Waals surface area contributed by atoms with Crippen LogP contribution >= 0.6 is 0 Å². The number of ketones is 1. The van der Waals surface area contributed by atoms with Crippen molar-refractivity contribution in [2.75, 3.05) is 45.8 Å². The van der Waals surface area contributed by atoms with Crippen LogP contribution in [0.1, 0.15) is 49.3 Å². The number of carbonyl (C=O) groups is 2. The van der Waals surface area contributed by atoms with Gasteiger partial charge in [0.05, 0.1) is 53.0 Å². The molecule has 1 aliphatic heterocycles. The highest BCUT2D eigenvalue weighted by atomic mass is 16.5. The van der Waals surface area contributed by atoms with Crippen LogP contribution in [0.15, 0.2) is 65.9 Å². The highest BCUT2D eigenvalue weighted by Gasteiger charge is 2.42. The maximum absolute atomic E-state index is 14.3. The first-order valence-corrected chi connectivity index (χ1v) is 13.8. The topological polar surface area (TPSA) is 95.6 Å². The van der Waals surface area contributed by atoms with E-state index in [4.69, 9.17) is 23.7 Å². The van der Waals surface area contributed by atoms with Gasteiger partial charge in [0.2, 0.25) is 11.7 Å². The molecule has 9 nitrogen and oxygen atoms in total. The van der Waals surface area contributed by atoms with Crippen molar-refractivity contribution in [3.05, 3.63) is 77.0 Å². The summed E-state index contributed by atoms with van der Waals surface area (Å²) < 4.78 is 27.9. The lowest BCUT2D eigenvalue weighted by atomic mass is 9.78. The molecule has 0 spiro atoms. The number of carbonyl (C=O) groups excluding carboxylic acids is 2. The Kier molecular flexibility index (Phi) is 8.29. The van der Waals surface area contributed by atoms with E-state index in [1.807, 2.05) is 61.5 Å². The summed E-state index contributed by atoms with van der Waals surface area (Å²) >= 11 is 0. The number of benzene rings is 3. The number of hydrogen-bond acceptors (Lipinski definition) is 8. The Morgan fingerprint density at radius 3 is 2.07 bits per heavy atom. The van der Waals surface area contributed by atoms with Crippen molar-refractivity contribution in [1.29, 1.82) is 0 Å². The molecule has 5 rings (SSSR count). The maximum atomic E-state index is 14.3. The number of amides is 1. The van der Waals surface area contributed by atoms with Crippen molar-refractivity contribution in [3.63, 3.8) is 0 Å². The van der Waals surface area contributed by atoms with Crippen molar-refractivity contribution < 1.29 is 33.3 Å². The third-order valence-corrected chi connectivity index (χ3v) is 7.94. The average molecular weight is 573 g/mol. The predicted octanol–water partition coefficient (Wildman–Crippen LogP) is 6.04. The normalized spacial score (nSPS) is 17.9. The summed E-state index contributed by atoms with van der Waals surface area (Å²) in [5.74, 6) is 2.27. The van der Waals surface area contributed by atoms with Gasteiger partial charge in [0.25, 0.3) is 0 Å². The van der Waals surface area contributed by atoms with Crippen molar-refractivity contribution in [2.24, 2.45) is 0 Å². The quantitative estimate of drug-likeness (QED) is 0.349. The van der Waals surface area contributed by atoms with Gasteiger partial charge in [0.15, 0.2) is 28.8 Å². The van der Waals surface area contributed by atoms with Crippen molar-refractivity contribution >= 4 is 23.1 Å². The largest absolute Gasteiger partial charge is 0.493 e. The number of hydrogen-bond donors (Lipinski definition) is 1. The number of methoxy groups -OCH3 is 5. The zero-order valence-electron chi connectivity index (χ0n) is 24.8. The van der Waals surface area contributed by atoms with Gasteiger partial charge in [-0.15, -0.1) is 0 Å². The molecule has 220 valence electrons. The SMILES string of the molecule is CCC(=O)N1c2ccccc2NC2=C(C(=O)CC(c3ccc(OC)c(OC)c3)C2)C1c1cc(OC)c(OC)c(OC)c1. The number of allylic oxidation sites excluding steroid dienone is 1. The molecule has 0 aromatic heterocycles. The molecule has 1 N–H and O–H groups in total. The van der Waals surface area contributed by atoms with Crippen LogP contribution < -0.4 is 33.9 Å². The molecule has 2 aliphatic rings. The first kappa shape index (κ1) is 28.9. The first-order chi connectivity index (χ1) is 20.4. The molecule has 0 saturated heterocycles. The molecular formula is C33H36N2O7. The number of nitrogens with zero attached hydrogens (tertiary/aromatic N) is 1. The van der Waals surface area contributed by atoms with Crippen LogP contribution in [0.25, 0.3) is 0 Å². The summed E-state index contributed by atoms with van der Waals surface area (Å²) in [5, 5.41) is 3.55. The highest BCUT2D eigenvalue weighted by Crippen LogP contribution is 2.50. The number of Topliss-reactive ketones (excluding diaryl/α,β-unsaturated/α-hetero) is 1. The molecule has 2 atom stereocenters. The number of para-hydroxylation sites is 2. The molecule has 42 heavy (non-hydrogen) atoms. The minimum Gasteiger partial charge on any atom is -0.493 e. The minimum atomic E-state index is -0.726. The first-order valence-electron chi connectivity index (χ1n) is 13.8. The van der Waals surface area contributed by atoms with Gasteiger partial charge < -0.3 is 29.0 Å². The summed E-state index contributed by atoms with van der Waals surface area (Å²) in [7, 11) is 7.82. The van der Waals surface area contributed by atoms with Crippen LogP contribution in [0.3, 0.4) is 0 Å². The van der Waals surface area contributed by atoms with E-state index in [0.29, 0.717) is 52.0 Å². The summed E-state index contributed by atoms with van der Waals surface area (Å²) in [6, 6.07) is 16.3. The Morgan fingerprint density at radius 1 is 0.810 bits per heavy atom. The van der Waals surface area contributed by atoms with Gasteiger partial charge in [-0.3, -0.25) is 14.5 Å². The van der Waals surface area contributed by atoms with E-state index < -0.39 is 6.04 Å². The second-order valence-electron chi connectivity index (χ2n) is 10.2. The fraction of sp³-hybridized carbons (Fsp3) is 0.333. The second-order valence-corrected chi connectivity index (χ2v) is 10.2. The van der Waals surface area contributed by atoms with Crippen molar-refractivity contribution in [3.8, 4) is 28.7 Å². The molecular weight excluding hydrogens is 536 g/mol. The van der Waals surface area contributed by atoms with E-state index >= 15 is 0 Å². The number of nitrogens with one attached hydrogen (secondary N) is 1. The average Bonchev–Trinajstić information content (AvgIpc) is 3.17. The maximum Gasteiger partial charge on any atom is 0.227 e. The number of fused-ring (bicyclic) bond motifs is 1. The lowest BCUT2D eigenvalue weighted by Gasteiger charge is -2.35. The zero-order chi connectivity index (χ0) is 30.0. The fourth-order valence-electron chi connectivity index (χ4n) is 5.95. The van der Waals surface area contributed by atoms with E-state index in [2.05, 4.69) is 5.32 Å². The van der Waals surface area contributed by atoms with Crippen LogP contribution in [-0.2, 0) is 9.59 Å². The van der Waals surface area contributed by atoms with Gasteiger partial charge >= 0.3 is 0 Å². The molecule has 1 amide bonds. The third-order valence-electron chi connectivity index (χ3n) is 7.94. The Labute approximate surface area is 246 Å². The van der Waals surface area contributed by atoms with Crippen LogP contribution in [0.2, 0.25) is 0 Å². The lowest BCUT2D eigenvalue weighted by Crippen LogP contribution is -2.38. The molecule has 3 aromatic rings.